The molecule has 0 radical (unpaired) electrons. The highest BCUT2D eigenvalue weighted by Gasteiger charge is 2.39. The Balaban J connectivity index is 1.05. The zero-order valence-corrected chi connectivity index (χ0v) is 31.2. The van der Waals surface area contributed by atoms with Gasteiger partial charge in [0.15, 0.2) is 17.8 Å². The standard InChI is InChI=1S/C45H49N3O6/c1-30-42(28-48-21-20-38-23-40(51-2)41(52-3)24-39(38)27-48)53-44(54-43(30)35-14-12-32(29-49)13-15-35)36-18-16-34(17-19-36)37-11-7-10-33(22-37)26-47-45(50)46-25-31-8-5-4-6-9-31/h4-19,22-24,30,42-44,49H,20-21,25-29H2,1-3H3,(H2,46,47,50)/t30-,42+,43+,44+/m0/s1. The van der Waals surface area contributed by atoms with Gasteiger partial charge in [-0.2, -0.15) is 0 Å². The molecule has 54 heavy (non-hydrogen) atoms. The molecule has 5 aromatic rings. The quantitative estimate of drug-likeness (QED) is 0.121. The van der Waals surface area contributed by atoms with E-state index in [0.29, 0.717) is 13.1 Å². The van der Waals surface area contributed by atoms with Crippen molar-refractivity contribution in [2.45, 2.75) is 58.1 Å². The van der Waals surface area contributed by atoms with Gasteiger partial charge >= 0.3 is 6.03 Å². The third kappa shape index (κ3) is 8.77. The van der Waals surface area contributed by atoms with Crippen LogP contribution in [0.5, 0.6) is 11.5 Å². The number of fused-ring (bicyclic) bond motifs is 1. The van der Waals surface area contributed by atoms with Gasteiger partial charge in [-0.3, -0.25) is 4.90 Å². The highest BCUT2D eigenvalue weighted by Crippen LogP contribution is 2.43. The van der Waals surface area contributed by atoms with Crippen molar-refractivity contribution in [3.63, 3.8) is 0 Å². The van der Waals surface area contributed by atoms with Crippen LogP contribution in [0.1, 0.15) is 58.3 Å². The first-order valence-electron chi connectivity index (χ1n) is 18.6. The maximum absolute atomic E-state index is 12.5. The minimum atomic E-state index is -0.561. The number of hydrogen-bond acceptors (Lipinski definition) is 7. The smallest absolute Gasteiger partial charge is 0.315 e. The summed E-state index contributed by atoms with van der Waals surface area (Å²) in [5.74, 6) is 1.58. The van der Waals surface area contributed by atoms with Crippen LogP contribution in [0.15, 0.2) is 115 Å². The Morgan fingerprint density at radius 1 is 0.741 bits per heavy atom. The third-order valence-electron chi connectivity index (χ3n) is 10.6. The number of benzene rings is 5. The van der Waals surface area contributed by atoms with E-state index in [9.17, 15) is 9.90 Å². The number of aliphatic hydroxyl groups excluding tert-OH is 1. The van der Waals surface area contributed by atoms with Crippen molar-refractivity contribution < 1.29 is 28.8 Å². The van der Waals surface area contributed by atoms with Crippen molar-refractivity contribution in [3.8, 4) is 22.6 Å². The van der Waals surface area contributed by atoms with Crippen LogP contribution in [-0.2, 0) is 42.1 Å². The topological polar surface area (TPSA) is 102 Å². The van der Waals surface area contributed by atoms with E-state index in [2.05, 4.69) is 83.1 Å². The summed E-state index contributed by atoms with van der Waals surface area (Å²) in [5, 5.41) is 15.6. The Bertz CT molecular complexity index is 2000. The summed E-state index contributed by atoms with van der Waals surface area (Å²) in [5.41, 5.74) is 9.59. The predicted molar refractivity (Wildman–Crippen MR) is 209 cm³/mol. The second-order valence-corrected chi connectivity index (χ2v) is 14.1. The van der Waals surface area contributed by atoms with E-state index in [0.717, 1.165) is 76.5 Å². The van der Waals surface area contributed by atoms with E-state index >= 15 is 0 Å². The van der Waals surface area contributed by atoms with Crippen LogP contribution in [0.2, 0.25) is 0 Å². The van der Waals surface area contributed by atoms with Crippen LogP contribution < -0.4 is 20.1 Å². The molecule has 9 nitrogen and oxygen atoms in total. The molecular weight excluding hydrogens is 679 g/mol. The molecule has 0 unspecified atom stereocenters. The van der Waals surface area contributed by atoms with Gasteiger partial charge in [0.2, 0.25) is 0 Å². The van der Waals surface area contributed by atoms with Crippen LogP contribution in [-0.4, -0.2) is 49.5 Å². The summed E-state index contributed by atoms with van der Waals surface area (Å²) in [4.78, 5) is 14.9. The molecule has 0 spiro atoms. The highest BCUT2D eigenvalue weighted by molar-refractivity contribution is 5.74. The lowest BCUT2D eigenvalue weighted by atomic mass is 9.89. The van der Waals surface area contributed by atoms with Gasteiger partial charge in [0.05, 0.1) is 33.0 Å². The molecule has 7 rings (SSSR count). The van der Waals surface area contributed by atoms with E-state index in [1.165, 1.54) is 11.1 Å². The average Bonchev–Trinajstić information content (AvgIpc) is 3.23. The first kappa shape index (κ1) is 37.1. The van der Waals surface area contributed by atoms with Crippen LogP contribution in [0.4, 0.5) is 4.79 Å². The van der Waals surface area contributed by atoms with E-state index < -0.39 is 6.29 Å². The lowest BCUT2D eigenvalue weighted by Gasteiger charge is -2.43. The number of methoxy groups -OCH3 is 2. The fourth-order valence-corrected chi connectivity index (χ4v) is 7.40. The molecule has 5 aromatic carbocycles. The molecule has 2 aliphatic rings. The van der Waals surface area contributed by atoms with Crippen LogP contribution in [0.25, 0.3) is 11.1 Å². The molecule has 0 bridgehead atoms. The van der Waals surface area contributed by atoms with Gasteiger partial charge < -0.3 is 34.7 Å². The monoisotopic (exact) mass is 727 g/mol. The summed E-state index contributed by atoms with van der Waals surface area (Å²) in [6.07, 6.45) is 0.0654. The van der Waals surface area contributed by atoms with Gasteiger partial charge in [-0.15, -0.1) is 0 Å². The summed E-state index contributed by atoms with van der Waals surface area (Å²) in [6.45, 7) is 5.56. The highest BCUT2D eigenvalue weighted by atomic mass is 16.7. The summed E-state index contributed by atoms with van der Waals surface area (Å²) >= 11 is 0. The normalized spacial score (nSPS) is 19.8. The average molecular weight is 728 g/mol. The SMILES string of the molecule is COc1cc2c(cc1OC)CN(C[C@H]1O[C@@H](c3ccc(-c4cccc(CNC(=O)NCc5ccccc5)c4)cc3)O[C@@H](c3ccc(CO)cc3)[C@H]1C)CC2. The van der Waals surface area contributed by atoms with E-state index in [-0.39, 0.29) is 30.8 Å². The first-order valence-corrected chi connectivity index (χ1v) is 18.6. The Morgan fingerprint density at radius 3 is 2.11 bits per heavy atom. The van der Waals surface area contributed by atoms with Gasteiger partial charge in [-0.25, -0.2) is 4.79 Å². The number of hydrogen-bond donors (Lipinski definition) is 3. The fraction of sp³-hybridized carbons (Fsp3) is 0.311. The lowest BCUT2D eigenvalue weighted by Crippen LogP contribution is -2.45. The largest absolute Gasteiger partial charge is 0.493 e. The van der Waals surface area contributed by atoms with Gasteiger partial charge in [0.25, 0.3) is 0 Å². The number of nitrogens with zero attached hydrogens (tertiary/aromatic N) is 1. The van der Waals surface area contributed by atoms with Crippen LogP contribution in [0, 0.1) is 5.92 Å². The summed E-state index contributed by atoms with van der Waals surface area (Å²) in [7, 11) is 3.35. The van der Waals surface area contributed by atoms with Crippen LogP contribution in [0.3, 0.4) is 0 Å². The van der Waals surface area contributed by atoms with Crippen molar-refractivity contribution in [2.75, 3.05) is 27.3 Å². The minimum absolute atomic E-state index is 0.00132. The van der Waals surface area contributed by atoms with E-state index in [1.54, 1.807) is 14.2 Å². The molecule has 9 heteroatoms. The molecule has 0 aliphatic carbocycles. The number of ether oxygens (including phenoxy) is 4. The second-order valence-electron chi connectivity index (χ2n) is 14.1. The number of rotatable bonds is 12. The molecule has 2 amide bonds. The molecule has 1 saturated heterocycles. The third-order valence-corrected chi connectivity index (χ3v) is 10.6. The van der Waals surface area contributed by atoms with Crippen molar-refractivity contribution >= 4 is 6.03 Å². The number of carbonyl (C=O) groups is 1. The molecule has 2 heterocycles. The van der Waals surface area contributed by atoms with Gasteiger partial charge in [0, 0.05) is 44.2 Å². The van der Waals surface area contributed by atoms with Crippen molar-refractivity contribution in [1.82, 2.24) is 15.5 Å². The summed E-state index contributed by atoms with van der Waals surface area (Å²) in [6, 6.07) is 38.5. The van der Waals surface area contributed by atoms with Gasteiger partial charge in [0.1, 0.15) is 0 Å². The number of carbonyl (C=O) groups excluding carboxylic acids is 1. The summed E-state index contributed by atoms with van der Waals surface area (Å²) < 4.78 is 24.8. The number of amides is 2. The molecule has 0 aromatic heterocycles. The second kappa shape index (κ2) is 17.3. The molecule has 0 saturated carbocycles. The maximum atomic E-state index is 12.5. The molecule has 3 N–H and O–H groups in total. The van der Waals surface area contributed by atoms with Gasteiger partial charge in [-0.1, -0.05) is 104 Å². The Morgan fingerprint density at radius 2 is 1.41 bits per heavy atom. The van der Waals surface area contributed by atoms with Crippen molar-refractivity contribution in [2.24, 2.45) is 5.92 Å². The molecule has 1 fully saturated rings. The first-order chi connectivity index (χ1) is 26.4. The Kier molecular flexibility index (Phi) is 11.9. The maximum Gasteiger partial charge on any atom is 0.315 e. The predicted octanol–water partition coefficient (Wildman–Crippen LogP) is 7.71. The van der Waals surface area contributed by atoms with Gasteiger partial charge in [-0.05, 0) is 69.1 Å². The Labute approximate surface area is 317 Å². The molecule has 2 aliphatic heterocycles. The van der Waals surface area contributed by atoms with E-state index in [4.69, 9.17) is 18.9 Å². The molecular formula is C45H49N3O6. The molecule has 280 valence electrons. The molecule has 4 atom stereocenters. The van der Waals surface area contributed by atoms with E-state index in [1.807, 2.05) is 54.6 Å². The Hall–Kier alpha value is -5.19. The minimum Gasteiger partial charge on any atom is -0.493 e. The number of urea groups is 1. The zero-order valence-electron chi connectivity index (χ0n) is 31.2. The zero-order chi connectivity index (χ0) is 37.4. The van der Waals surface area contributed by atoms with Crippen molar-refractivity contribution in [1.29, 1.82) is 0 Å². The fourth-order valence-electron chi connectivity index (χ4n) is 7.40. The van der Waals surface area contributed by atoms with Crippen molar-refractivity contribution in [3.05, 3.63) is 154 Å². The number of aliphatic hydroxyl groups is 1. The number of nitrogens with one attached hydrogen (secondary N) is 2. The lowest BCUT2D eigenvalue weighted by molar-refractivity contribution is -0.276. The van der Waals surface area contributed by atoms with Crippen LogP contribution >= 0.6 is 0 Å².